The molecule has 170 valence electrons. The van der Waals surface area contributed by atoms with Crippen molar-refractivity contribution in [3.05, 3.63) is 53.3 Å². The smallest absolute Gasteiger partial charge is 0.138 e. The highest BCUT2D eigenvalue weighted by atomic mass is 32.2. The Morgan fingerprint density at radius 2 is 1.91 bits per heavy atom. The van der Waals surface area contributed by atoms with Gasteiger partial charge in [-0.15, -0.1) is 0 Å². The number of fused-ring (bicyclic) bond motifs is 2. The molecule has 0 unspecified atom stereocenters. The van der Waals surface area contributed by atoms with E-state index in [1.165, 1.54) is 0 Å². The summed E-state index contributed by atoms with van der Waals surface area (Å²) >= 11 is 1.03. The number of aromatic nitrogens is 2. The largest absolute Gasteiger partial charge is 0.394 e. The molecule has 1 aliphatic heterocycles. The lowest BCUT2D eigenvalue weighted by Gasteiger charge is -2.39. The zero-order valence-corrected chi connectivity index (χ0v) is 18.4. The fraction of sp³-hybridized carbons (Fsp3) is 0.375. The number of aliphatic hydroxyl groups excluding tert-OH is 4. The van der Waals surface area contributed by atoms with Crippen LogP contribution in [0.4, 0.5) is 0 Å². The highest BCUT2D eigenvalue weighted by molar-refractivity contribution is 7.99. The normalized spacial score (nSPS) is 26.8. The fourth-order valence-electron chi connectivity index (χ4n) is 4.63. The molecule has 4 N–H and O–H groups in total. The molecular formula is C24H23N3O5S. The maximum Gasteiger partial charge on any atom is 0.138 e. The number of pyridine rings is 2. The van der Waals surface area contributed by atoms with Gasteiger partial charge < -0.3 is 25.2 Å². The zero-order valence-electron chi connectivity index (χ0n) is 17.6. The lowest BCUT2D eigenvalue weighted by atomic mass is 9.93. The Balaban J connectivity index is 1.64. The van der Waals surface area contributed by atoms with Crippen LogP contribution >= 0.6 is 11.8 Å². The van der Waals surface area contributed by atoms with E-state index in [0.717, 1.165) is 64.3 Å². The monoisotopic (exact) mass is 465 g/mol. The van der Waals surface area contributed by atoms with Crippen LogP contribution in [-0.4, -0.2) is 66.9 Å². The number of benzene rings is 1. The summed E-state index contributed by atoms with van der Waals surface area (Å²) in [6, 6.07) is 12.0. The summed E-state index contributed by atoms with van der Waals surface area (Å²) in [7, 11) is 0. The van der Waals surface area contributed by atoms with Crippen LogP contribution in [0, 0.1) is 11.3 Å². The number of aliphatic hydroxyl groups is 4. The second-order valence-electron chi connectivity index (χ2n) is 8.25. The van der Waals surface area contributed by atoms with Crippen molar-refractivity contribution >= 4 is 22.7 Å². The van der Waals surface area contributed by atoms with Crippen LogP contribution in [-0.2, 0) is 17.6 Å². The Bertz CT molecular complexity index is 1240. The fourth-order valence-corrected chi connectivity index (χ4v) is 5.78. The number of nitriles is 1. The van der Waals surface area contributed by atoms with Crippen LogP contribution in [0.5, 0.6) is 0 Å². The van der Waals surface area contributed by atoms with E-state index in [1.54, 1.807) is 6.20 Å². The third-order valence-electron chi connectivity index (χ3n) is 6.30. The molecule has 0 amide bonds. The SMILES string of the molecule is N#Cc1c(S[C@@H]2O[C@H](CO)[C@@H](O)[C@H](O)[C@H]2O)nc2c(c1-c1ccnc3ccccc13)CCC2. The van der Waals surface area contributed by atoms with Gasteiger partial charge in [0, 0.05) is 22.8 Å². The molecule has 1 saturated heterocycles. The van der Waals surface area contributed by atoms with Crippen LogP contribution in [0.25, 0.3) is 22.0 Å². The van der Waals surface area contributed by atoms with E-state index in [4.69, 9.17) is 9.72 Å². The van der Waals surface area contributed by atoms with Gasteiger partial charge in [0.05, 0.1) is 17.7 Å². The molecule has 2 aliphatic rings. The predicted octanol–water partition coefficient (Wildman–Crippen LogP) is 1.55. The molecule has 1 aromatic carbocycles. The van der Waals surface area contributed by atoms with E-state index in [2.05, 4.69) is 11.1 Å². The van der Waals surface area contributed by atoms with Gasteiger partial charge in [-0.1, -0.05) is 30.0 Å². The Morgan fingerprint density at radius 1 is 1.09 bits per heavy atom. The first-order valence-electron chi connectivity index (χ1n) is 10.8. The third kappa shape index (κ3) is 3.79. The van der Waals surface area contributed by atoms with Crippen molar-refractivity contribution in [1.29, 1.82) is 5.26 Å². The van der Waals surface area contributed by atoms with Gasteiger partial charge in [-0.3, -0.25) is 4.98 Å². The lowest BCUT2D eigenvalue weighted by molar-refractivity contribution is -0.205. The van der Waals surface area contributed by atoms with Gasteiger partial charge in [-0.05, 0) is 42.5 Å². The Labute approximate surface area is 194 Å². The number of hydrogen-bond donors (Lipinski definition) is 4. The summed E-state index contributed by atoms with van der Waals surface area (Å²) in [4.78, 5) is 9.18. The summed E-state index contributed by atoms with van der Waals surface area (Å²) in [6.07, 6.45) is -1.12. The van der Waals surface area contributed by atoms with Crippen molar-refractivity contribution in [1.82, 2.24) is 9.97 Å². The molecule has 0 radical (unpaired) electrons. The van der Waals surface area contributed by atoms with E-state index in [9.17, 15) is 25.7 Å². The maximum atomic E-state index is 10.5. The van der Waals surface area contributed by atoms with Gasteiger partial charge in [0.1, 0.15) is 40.9 Å². The molecular weight excluding hydrogens is 442 g/mol. The van der Waals surface area contributed by atoms with Gasteiger partial charge in [-0.2, -0.15) is 5.26 Å². The van der Waals surface area contributed by atoms with E-state index >= 15 is 0 Å². The first kappa shape index (κ1) is 22.2. The average Bonchev–Trinajstić information content (AvgIpc) is 3.31. The predicted molar refractivity (Wildman–Crippen MR) is 121 cm³/mol. The molecule has 33 heavy (non-hydrogen) atoms. The summed E-state index contributed by atoms with van der Waals surface area (Å²) in [6.45, 7) is -0.515. The molecule has 0 bridgehead atoms. The minimum Gasteiger partial charge on any atom is -0.394 e. The Kier molecular flexibility index (Phi) is 6.05. The second-order valence-corrected chi connectivity index (χ2v) is 9.34. The second kappa shape index (κ2) is 8.99. The number of ether oxygens (including phenoxy) is 1. The minimum atomic E-state index is -1.49. The Hall–Kier alpha value is -2.58. The highest BCUT2D eigenvalue weighted by Crippen LogP contribution is 2.43. The van der Waals surface area contributed by atoms with Gasteiger partial charge >= 0.3 is 0 Å². The molecule has 8 nitrogen and oxygen atoms in total. The zero-order chi connectivity index (χ0) is 23.1. The third-order valence-corrected chi connectivity index (χ3v) is 7.44. The van der Waals surface area contributed by atoms with E-state index in [0.29, 0.717) is 10.6 Å². The molecule has 2 aromatic heterocycles. The van der Waals surface area contributed by atoms with Crippen molar-refractivity contribution in [2.45, 2.75) is 54.1 Å². The molecule has 1 aliphatic carbocycles. The lowest BCUT2D eigenvalue weighted by Crippen LogP contribution is -2.57. The van der Waals surface area contributed by atoms with Crippen molar-refractivity contribution in [3.63, 3.8) is 0 Å². The van der Waals surface area contributed by atoms with Crippen LogP contribution in [0.15, 0.2) is 41.6 Å². The van der Waals surface area contributed by atoms with Gasteiger partial charge in [-0.25, -0.2) is 4.98 Å². The number of hydrogen-bond acceptors (Lipinski definition) is 9. The van der Waals surface area contributed by atoms with Gasteiger partial charge in [0.25, 0.3) is 0 Å². The maximum absolute atomic E-state index is 10.5. The minimum absolute atomic E-state index is 0.369. The van der Waals surface area contributed by atoms with Crippen molar-refractivity contribution < 1.29 is 25.2 Å². The first-order chi connectivity index (χ1) is 16.0. The van der Waals surface area contributed by atoms with Crippen molar-refractivity contribution in [2.75, 3.05) is 6.61 Å². The molecule has 3 aromatic rings. The van der Waals surface area contributed by atoms with E-state index < -0.39 is 36.5 Å². The topological polar surface area (TPSA) is 140 Å². The summed E-state index contributed by atoms with van der Waals surface area (Å²) in [5.74, 6) is 0. The molecule has 9 heteroatoms. The van der Waals surface area contributed by atoms with Gasteiger partial charge in [0.15, 0.2) is 0 Å². The van der Waals surface area contributed by atoms with Crippen LogP contribution in [0.2, 0.25) is 0 Å². The van der Waals surface area contributed by atoms with Gasteiger partial charge in [0.2, 0.25) is 0 Å². The average molecular weight is 466 g/mol. The summed E-state index contributed by atoms with van der Waals surface area (Å²) in [5.41, 5.74) is 3.83. The Morgan fingerprint density at radius 3 is 2.70 bits per heavy atom. The van der Waals surface area contributed by atoms with E-state index in [-0.39, 0.29) is 0 Å². The summed E-state index contributed by atoms with van der Waals surface area (Å²) in [5, 5.41) is 51.8. The first-order valence-corrected chi connectivity index (χ1v) is 11.7. The summed E-state index contributed by atoms with van der Waals surface area (Å²) < 4.78 is 5.66. The van der Waals surface area contributed by atoms with Crippen LogP contribution in [0.3, 0.4) is 0 Å². The molecule has 0 saturated carbocycles. The molecule has 3 heterocycles. The van der Waals surface area contributed by atoms with E-state index in [1.807, 2.05) is 30.3 Å². The number of rotatable bonds is 4. The number of thioether (sulfide) groups is 1. The van der Waals surface area contributed by atoms with Crippen molar-refractivity contribution in [3.8, 4) is 17.2 Å². The highest BCUT2D eigenvalue weighted by Gasteiger charge is 2.44. The number of nitrogens with zero attached hydrogens (tertiary/aromatic N) is 3. The molecule has 5 rings (SSSR count). The molecule has 0 spiro atoms. The standard InChI is InChI=1S/C24H23N3O5S/c25-10-15-19(13-8-9-26-16-6-2-1-4-12(13)16)14-5-3-7-17(14)27-23(15)33-24-22(31)21(30)20(29)18(11-28)32-24/h1-2,4,6,8-9,18,20-22,24,28-31H,3,5,7,11H2/t18-,20-,21+,22-,24+/m1/s1. The molecule has 1 fully saturated rings. The number of aryl methyl sites for hydroxylation is 1. The van der Waals surface area contributed by atoms with Crippen LogP contribution < -0.4 is 0 Å². The quantitative estimate of drug-likeness (QED) is 0.452. The number of para-hydroxylation sites is 1. The van der Waals surface area contributed by atoms with Crippen LogP contribution in [0.1, 0.15) is 23.2 Å². The molecule has 5 atom stereocenters. The van der Waals surface area contributed by atoms with Crippen molar-refractivity contribution in [2.24, 2.45) is 0 Å².